The molecule has 0 saturated heterocycles. The molecule has 0 atom stereocenters. The van der Waals surface area contributed by atoms with Gasteiger partial charge in [0.25, 0.3) is 0 Å². The first-order valence-corrected chi connectivity index (χ1v) is 7.05. The highest BCUT2D eigenvalue weighted by Gasteiger charge is 2.30. The molecule has 0 spiro atoms. The molecule has 2 rings (SSSR count). The third-order valence-electron chi connectivity index (χ3n) is 2.39. The Hall–Kier alpha value is -1.08. The van der Waals surface area contributed by atoms with Gasteiger partial charge in [0.15, 0.2) is 0 Å². The van der Waals surface area contributed by atoms with Crippen LogP contribution in [-0.4, -0.2) is 4.98 Å². The van der Waals surface area contributed by atoms with Crippen molar-refractivity contribution in [3.63, 3.8) is 0 Å². The zero-order chi connectivity index (χ0) is 14.0. The van der Waals surface area contributed by atoms with Crippen LogP contribution in [0.1, 0.15) is 16.3 Å². The molecule has 0 unspecified atom stereocenters. The van der Waals surface area contributed by atoms with Crippen molar-refractivity contribution in [2.24, 2.45) is 0 Å². The molecule has 2 nitrogen and oxygen atoms in total. The molecule has 1 N–H and O–H groups in total. The van der Waals surface area contributed by atoms with Crippen LogP contribution in [0.2, 0.25) is 0 Å². The van der Waals surface area contributed by atoms with Crippen LogP contribution < -0.4 is 5.32 Å². The minimum absolute atomic E-state index is 0.385. The van der Waals surface area contributed by atoms with E-state index in [0.717, 1.165) is 22.8 Å². The fourth-order valence-corrected chi connectivity index (χ4v) is 2.72. The minimum atomic E-state index is -4.33. The fourth-order valence-electron chi connectivity index (χ4n) is 1.49. The van der Waals surface area contributed by atoms with Gasteiger partial charge in [0.2, 0.25) is 0 Å². The summed E-state index contributed by atoms with van der Waals surface area (Å²) < 4.78 is 37.9. The Balaban J connectivity index is 2.09. The van der Waals surface area contributed by atoms with Crippen LogP contribution in [0.25, 0.3) is 0 Å². The van der Waals surface area contributed by atoms with Crippen molar-refractivity contribution in [1.82, 2.24) is 4.98 Å². The van der Waals surface area contributed by atoms with Gasteiger partial charge in [-0.2, -0.15) is 13.2 Å². The quantitative estimate of drug-likeness (QED) is 0.856. The number of rotatable bonds is 3. The van der Waals surface area contributed by atoms with Crippen molar-refractivity contribution in [1.29, 1.82) is 0 Å². The maximum Gasteiger partial charge on any atom is 0.416 e. The average molecular weight is 351 g/mol. The summed E-state index contributed by atoms with van der Waals surface area (Å²) in [6.07, 6.45) is -4.33. The van der Waals surface area contributed by atoms with Gasteiger partial charge >= 0.3 is 6.18 Å². The molecule has 7 heteroatoms. The molecule has 0 fully saturated rings. The van der Waals surface area contributed by atoms with Crippen LogP contribution in [0.15, 0.2) is 28.1 Å². The minimum Gasteiger partial charge on any atom is -0.378 e. The largest absolute Gasteiger partial charge is 0.416 e. The van der Waals surface area contributed by atoms with Gasteiger partial charge in [-0.3, -0.25) is 0 Å². The van der Waals surface area contributed by atoms with Crippen LogP contribution in [0, 0.1) is 6.92 Å². The number of nitrogens with zero attached hydrogens (tertiary/aromatic N) is 1. The van der Waals surface area contributed by atoms with Crippen LogP contribution in [0.5, 0.6) is 0 Å². The van der Waals surface area contributed by atoms with Gasteiger partial charge in [0, 0.05) is 21.2 Å². The van der Waals surface area contributed by atoms with Crippen molar-refractivity contribution in [2.45, 2.75) is 19.6 Å². The second-order valence-corrected chi connectivity index (χ2v) is 5.73. The molecule has 1 heterocycles. The SMILES string of the molecule is Cc1csc(CNc2ccc(C(F)(F)F)cc2Br)n1. The van der Waals surface area contributed by atoms with E-state index in [0.29, 0.717) is 16.7 Å². The zero-order valence-electron chi connectivity index (χ0n) is 9.88. The smallest absolute Gasteiger partial charge is 0.378 e. The summed E-state index contributed by atoms with van der Waals surface area (Å²) in [5.74, 6) is 0. The van der Waals surface area contributed by atoms with E-state index in [1.165, 1.54) is 17.4 Å². The maximum absolute atomic E-state index is 12.5. The Morgan fingerprint density at radius 2 is 2.11 bits per heavy atom. The van der Waals surface area contributed by atoms with Gasteiger partial charge in [-0.1, -0.05) is 0 Å². The number of thiazole rings is 1. The van der Waals surface area contributed by atoms with Gasteiger partial charge in [0.05, 0.1) is 12.1 Å². The van der Waals surface area contributed by atoms with Gasteiger partial charge < -0.3 is 5.32 Å². The summed E-state index contributed by atoms with van der Waals surface area (Å²) in [7, 11) is 0. The van der Waals surface area contributed by atoms with Crippen molar-refractivity contribution in [2.75, 3.05) is 5.32 Å². The Bertz CT molecular complexity index is 581. The lowest BCUT2D eigenvalue weighted by molar-refractivity contribution is -0.137. The summed E-state index contributed by atoms with van der Waals surface area (Å²) in [6, 6.07) is 3.53. The molecule has 19 heavy (non-hydrogen) atoms. The van der Waals surface area contributed by atoms with Crippen molar-refractivity contribution >= 4 is 33.0 Å². The summed E-state index contributed by atoms with van der Waals surface area (Å²) >= 11 is 4.65. The van der Waals surface area contributed by atoms with E-state index in [2.05, 4.69) is 26.2 Å². The van der Waals surface area contributed by atoms with E-state index in [4.69, 9.17) is 0 Å². The summed E-state index contributed by atoms with van der Waals surface area (Å²) in [5, 5.41) is 5.88. The lowest BCUT2D eigenvalue weighted by atomic mass is 10.2. The van der Waals surface area contributed by atoms with Crippen LogP contribution in [0.4, 0.5) is 18.9 Å². The van der Waals surface area contributed by atoms with Gasteiger partial charge in [-0.05, 0) is 41.1 Å². The Morgan fingerprint density at radius 1 is 1.37 bits per heavy atom. The van der Waals surface area contributed by atoms with Crippen molar-refractivity contribution in [3.05, 3.63) is 44.3 Å². The Labute approximate surface area is 120 Å². The number of nitrogens with one attached hydrogen (secondary N) is 1. The number of anilines is 1. The van der Waals surface area contributed by atoms with E-state index in [9.17, 15) is 13.2 Å². The molecule has 0 aliphatic rings. The predicted molar refractivity (Wildman–Crippen MR) is 73.3 cm³/mol. The zero-order valence-corrected chi connectivity index (χ0v) is 12.3. The Kier molecular flexibility index (Phi) is 4.15. The highest BCUT2D eigenvalue weighted by molar-refractivity contribution is 9.10. The summed E-state index contributed by atoms with van der Waals surface area (Å²) in [4.78, 5) is 4.27. The number of halogens is 4. The van der Waals surface area contributed by atoms with E-state index >= 15 is 0 Å². The highest BCUT2D eigenvalue weighted by Crippen LogP contribution is 2.34. The molecule has 1 aromatic carbocycles. The second-order valence-electron chi connectivity index (χ2n) is 3.93. The van der Waals surface area contributed by atoms with Crippen LogP contribution in [-0.2, 0) is 12.7 Å². The number of aryl methyl sites for hydroxylation is 1. The summed E-state index contributed by atoms with van der Waals surface area (Å²) in [6.45, 7) is 2.39. The maximum atomic E-state index is 12.5. The molecule has 1 aromatic heterocycles. The van der Waals surface area contributed by atoms with Gasteiger partial charge in [-0.25, -0.2) is 4.98 Å². The topological polar surface area (TPSA) is 24.9 Å². The second kappa shape index (κ2) is 5.50. The van der Waals surface area contributed by atoms with E-state index < -0.39 is 11.7 Å². The first kappa shape index (κ1) is 14.3. The number of alkyl halides is 3. The fraction of sp³-hybridized carbons (Fsp3) is 0.250. The Morgan fingerprint density at radius 3 is 2.63 bits per heavy atom. The standard InChI is InChI=1S/C12H10BrF3N2S/c1-7-6-19-11(18-7)5-17-10-3-2-8(4-9(10)13)12(14,15)16/h2-4,6,17H,5H2,1H3. The lowest BCUT2D eigenvalue weighted by Gasteiger charge is -2.11. The van der Waals surface area contributed by atoms with Gasteiger partial charge in [-0.15, -0.1) is 11.3 Å². The van der Waals surface area contributed by atoms with Crippen LogP contribution in [0.3, 0.4) is 0 Å². The van der Waals surface area contributed by atoms with E-state index in [1.807, 2.05) is 12.3 Å². The lowest BCUT2D eigenvalue weighted by Crippen LogP contribution is -2.06. The number of hydrogen-bond donors (Lipinski definition) is 1. The van der Waals surface area contributed by atoms with Crippen molar-refractivity contribution in [3.8, 4) is 0 Å². The average Bonchev–Trinajstić information content (AvgIpc) is 2.72. The molecule has 0 aliphatic carbocycles. The predicted octanol–water partition coefficient (Wildman–Crippen LogP) is 4.84. The molecule has 0 amide bonds. The third kappa shape index (κ3) is 3.70. The molecule has 0 saturated carbocycles. The van der Waals surface area contributed by atoms with E-state index in [1.54, 1.807) is 0 Å². The first-order valence-electron chi connectivity index (χ1n) is 5.38. The third-order valence-corrected chi connectivity index (χ3v) is 4.02. The number of hydrogen-bond acceptors (Lipinski definition) is 3. The molecule has 0 aliphatic heterocycles. The highest BCUT2D eigenvalue weighted by atomic mass is 79.9. The van der Waals surface area contributed by atoms with E-state index in [-0.39, 0.29) is 0 Å². The normalized spacial score (nSPS) is 11.6. The monoisotopic (exact) mass is 350 g/mol. The first-order chi connectivity index (χ1) is 8.86. The van der Waals surface area contributed by atoms with Crippen LogP contribution >= 0.6 is 27.3 Å². The molecule has 102 valence electrons. The summed E-state index contributed by atoms with van der Waals surface area (Å²) in [5.41, 5.74) is 0.879. The molecule has 2 aromatic rings. The number of benzene rings is 1. The van der Waals surface area contributed by atoms with Crippen molar-refractivity contribution < 1.29 is 13.2 Å². The molecular weight excluding hydrogens is 341 g/mol. The van der Waals surface area contributed by atoms with Gasteiger partial charge in [0.1, 0.15) is 5.01 Å². The molecular formula is C12H10BrF3N2S. The molecule has 0 bridgehead atoms. The number of aromatic nitrogens is 1. The molecule has 0 radical (unpaired) electrons.